The standard InChI is InChI=1S/3C18H15O3P.C18H14O3P.Rh/c4*1-4-10-16(11-5-1)19-22(20-17-12-6-2-7-13-17)21-18-14-8-3-9-15-18;/h3*1-15H;1-14H;/q;;;-1;. The Morgan fingerprint density at radius 2 is 0.292 bits per heavy atom. The number of hydrogen-bond acceptors (Lipinski definition) is 12. The first-order chi connectivity index (χ1) is 43.6. The molecule has 0 heterocycles. The third-order valence-electron chi connectivity index (χ3n) is 11.0. The maximum absolute atomic E-state index is 5.84. The fourth-order valence-electron chi connectivity index (χ4n) is 6.98. The molecule has 0 N–H and O–H groups in total. The predicted molar refractivity (Wildman–Crippen MR) is 351 cm³/mol. The summed E-state index contributed by atoms with van der Waals surface area (Å²) in [6.07, 6.45) is 0. The largest absolute Gasteiger partial charge is 0.530 e. The summed E-state index contributed by atoms with van der Waals surface area (Å²) in [5.41, 5.74) is 0. The van der Waals surface area contributed by atoms with Crippen molar-refractivity contribution in [2.45, 2.75) is 0 Å². The molecular weight excluding hydrogens is 1280 g/mol. The van der Waals surface area contributed by atoms with E-state index in [4.69, 9.17) is 54.3 Å². The van der Waals surface area contributed by atoms with Gasteiger partial charge < -0.3 is 54.3 Å². The first-order valence-corrected chi connectivity index (χ1v) is 31.9. The summed E-state index contributed by atoms with van der Waals surface area (Å²) in [5, 5.41) is 0. The molecule has 1 radical (unpaired) electrons. The van der Waals surface area contributed by atoms with Crippen molar-refractivity contribution in [3.05, 3.63) is 364 Å². The second-order valence-corrected chi connectivity index (χ2v) is 21.6. The van der Waals surface area contributed by atoms with Gasteiger partial charge in [-0.2, -0.15) is 18.2 Å². The van der Waals surface area contributed by atoms with E-state index in [2.05, 4.69) is 6.07 Å². The van der Waals surface area contributed by atoms with Crippen LogP contribution in [0.1, 0.15) is 0 Å². The molecule has 0 aliphatic carbocycles. The molecule has 12 nitrogen and oxygen atoms in total. The summed E-state index contributed by atoms with van der Waals surface area (Å²) in [4.78, 5) is 0. The van der Waals surface area contributed by atoms with Crippen LogP contribution >= 0.6 is 34.4 Å². The van der Waals surface area contributed by atoms with Crippen LogP contribution in [0.5, 0.6) is 69.0 Å². The molecule has 12 aromatic carbocycles. The Labute approximate surface area is 537 Å². The molecule has 0 bridgehead atoms. The van der Waals surface area contributed by atoms with Crippen molar-refractivity contribution in [2.24, 2.45) is 0 Å². The van der Waals surface area contributed by atoms with Crippen LogP contribution in [0.25, 0.3) is 0 Å². The van der Waals surface area contributed by atoms with Crippen LogP contribution in [0.3, 0.4) is 0 Å². The van der Waals surface area contributed by atoms with Crippen LogP contribution in [-0.4, -0.2) is 0 Å². The number of benzene rings is 12. The predicted octanol–water partition coefficient (Wildman–Crippen LogP) is 21.6. The van der Waals surface area contributed by atoms with Gasteiger partial charge in [-0.1, -0.05) is 200 Å². The Balaban J connectivity index is 0.000000153. The molecular formula is C72H59O12P4Rh-. The third-order valence-corrected chi connectivity index (χ3v) is 15.3. The van der Waals surface area contributed by atoms with Gasteiger partial charge in [0.1, 0.15) is 63.2 Å². The molecule has 449 valence electrons. The van der Waals surface area contributed by atoms with E-state index in [1.807, 2.05) is 352 Å². The van der Waals surface area contributed by atoms with Crippen molar-refractivity contribution in [1.82, 2.24) is 0 Å². The van der Waals surface area contributed by atoms with Crippen molar-refractivity contribution >= 4 is 34.4 Å². The summed E-state index contributed by atoms with van der Waals surface area (Å²) in [7, 11) is -6.39. The van der Waals surface area contributed by atoms with Crippen molar-refractivity contribution in [2.75, 3.05) is 0 Å². The maximum Gasteiger partial charge on any atom is 0.530 e. The fraction of sp³-hybridized carbons (Fsp3) is 0. The Hall–Kier alpha value is -9.42. The zero-order valence-corrected chi connectivity index (χ0v) is 52.8. The van der Waals surface area contributed by atoms with Gasteiger partial charge in [0.05, 0.1) is 0 Å². The molecule has 0 fully saturated rings. The van der Waals surface area contributed by atoms with Gasteiger partial charge in [0, 0.05) is 25.2 Å². The van der Waals surface area contributed by atoms with Crippen molar-refractivity contribution < 1.29 is 73.8 Å². The first kappa shape index (κ1) is 65.6. The molecule has 0 aliphatic rings. The summed E-state index contributed by atoms with van der Waals surface area (Å²) in [5.74, 6) is 8.35. The third kappa shape index (κ3) is 25.4. The second-order valence-electron chi connectivity index (χ2n) is 17.7. The molecule has 0 saturated heterocycles. The smallest absolute Gasteiger partial charge is 0.436 e. The van der Waals surface area contributed by atoms with Crippen LogP contribution in [0.15, 0.2) is 358 Å². The SMILES string of the molecule is [Rh].[c-]1ccccc1OP(Oc1ccccc1)Oc1ccccc1.c1ccc(OP(Oc2ccccc2)Oc2ccccc2)cc1.c1ccc(OP(Oc2ccccc2)Oc2ccccc2)cc1.c1ccc(OP(Oc2ccccc2)Oc2ccccc2)cc1. The van der Waals surface area contributed by atoms with Gasteiger partial charge in [-0.3, -0.25) is 0 Å². The Bertz CT molecular complexity index is 2810. The second kappa shape index (κ2) is 38.7. The summed E-state index contributed by atoms with van der Waals surface area (Å²) >= 11 is 0. The van der Waals surface area contributed by atoms with E-state index in [-0.39, 0.29) is 19.5 Å². The Morgan fingerprint density at radius 3 is 0.427 bits per heavy atom. The van der Waals surface area contributed by atoms with E-state index in [1.54, 1.807) is 6.07 Å². The zero-order chi connectivity index (χ0) is 60.1. The van der Waals surface area contributed by atoms with Crippen molar-refractivity contribution in [1.29, 1.82) is 0 Å². The molecule has 89 heavy (non-hydrogen) atoms. The molecule has 0 aliphatic heterocycles. The van der Waals surface area contributed by atoms with Crippen LogP contribution in [0, 0.1) is 6.07 Å². The quantitative estimate of drug-likeness (QED) is 0.0326. The summed E-state index contributed by atoms with van der Waals surface area (Å²) in [6.45, 7) is 0. The molecule has 12 rings (SSSR count). The van der Waals surface area contributed by atoms with E-state index in [0.717, 1.165) is 0 Å². The van der Waals surface area contributed by atoms with Gasteiger partial charge in [0.15, 0.2) is 0 Å². The van der Waals surface area contributed by atoms with E-state index in [9.17, 15) is 0 Å². The van der Waals surface area contributed by atoms with Crippen LogP contribution in [0.4, 0.5) is 0 Å². The number of hydrogen-bond donors (Lipinski definition) is 0. The molecule has 0 amide bonds. The normalized spacial score (nSPS) is 10.1. The molecule has 0 saturated carbocycles. The maximum atomic E-state index is 5.84. The van der Waals surface area contributed by atoms with E-state index in [1.165, 1.54) is 0 Å². The van der Waals surface area contributed by atoms with Gasteiger partial charge in [-0.25, -0.2) is 0 Å². The van der Waals surface area contributed by atoms with E-state index >= 15 is 0 Å². The van der Waals surface area contributed by atoms with Crippen LogP contribution in [0.2, 0.25) is 0 Å². The van der Waals surface area contributed by atoms with Crippen LogP contribution in [-0.2, 0) is 19.5 Å². The van der Waals surface area contributed by atoms with E-state index < -0.39 is 34.4 Å². The van der Waals surface area contributed by atoms with Gasteiger partial charge in [-0.05, 0) is 133 Å². The van der Waals surface area contributed by atoms with Gasteiger partial charge in [0.25, 0.3) is 0 Å². The molecule has 17 heteroatoms. The van der Waals surface area contributed by atoms with E-state index in [0.29, 0.717) is 69.0 Å². The number of para-hydroxylation sites is 12. The monoisotopic (exact) mass is 1340 g/mol. The van der Waals surface area contributed by atoms with Gasteiger partial charge in [0.2, 0.25) is 0 Å². The average Bonchev–Trinajstić information content (AvgIpc) is 3.58. The van der Waals surface area contributed by atoms with Gasteiger partial charge >= 0.3 is 34.4 Å². The van der Waals surface area contributed by atoms with Crippen LogP contribution < -0.4 is 54.3 Å². The molecule has 0 aromatic heterocycles. The topological polar surface area (TPSA) is 111 Å². The minimum absolute atomic E-state index is 0. The summed E-state index contributed by atoms with van der Waals surface area (Å²) < 4.78 is 70.0. The van der Waals surface area contributed by atoms with Crippen molar-refractivity contribution in [3.63, 3.8) is 0 Å². The zero-order valence-electron chi connectivity index (χ0n) is 47.6. The molecule has 12 aromatic rings. The Morgan fingerprint density at radius 1 is 0.157 bits per heavy atom. The first-order valence-electron chi connectivity index (χ1n) is 27.5. The Kier molecular flexibility index (Phi) is 28.5. The minimum Gasteiger partial charge on any atom is -0.436 e. The molecule has 0 atom stereocenters. The summed E-state index contributed by atoms with van der Waals surface area (Å²) in [6, 6.07) is 115. The fourth-order valence-corrected chi connectivity index (χ4v) is 10.9. The molecule has 0 unspecified atom stereocenters. The molecule has 0 spiro atoms. The minimum atomic E-state index is -1.62. The van der Waals surface area contributed by atoms with Crippen molar-refractivity contribution in [3.8, 4) is 69.0 Å². The average molecular weight is 1340 g/mol. The van der Waals surface area contributed by atoms with Gasteiger partial charge in [-0.15, -0.1) is 12.1 Å². The number of rotatable bonds is 24.